The molecule has 1 aromatic heterocycles. The van der Waals surface area contributed by atoms with Crippen LogP contribution in [0.1, 0.15) is 57.8 Å². The average Bonchev–Trinajstić information content (AvgIpc) is 2.46. The number of hydrogen-bond acceptors (Lipinski definition) is 2. The highest BCUT2D eigenvalue weighted by Gasteiger charge is 2.17. The summed E-state index contributed by atoms with van der Waals surface area (Å²) in [5.41, 5.74) is 2.44. The molecule has 0 spiro atoms. The molecule has 3 heteroatoms. The van der Waals surface area contributed by atoms with E-state index in [0.717, 1.165) is 12.2 Å². The summed E-state index contributed by atoms with van der Waals surface area (Å²) in [4.78, 5) is 0. The van der Waals surface area contributed by atoms with Crippen molar-refractivity contribution in [1.82, 2.24) is 15.0 Å². The topological polar surface area (TPSA) is 30.7 Å². The minimum Gasteiger partial charge on any atom is -0.249 e. The third-order valence-corrected chi connectivity index (χ3v) is 2.19. The molecule has 0 N–H and O–H groups in total. The molecule has 0 atom stereocenters. The van der Waals surface area contributed by atoms with Crippen LogP contribution < -0.4 is 0 Å². The number of aromatic nitrogens is 3. The summed E-state index contributed by atoms with van der Waals surface area (Å²) in [5.74, 6) is 0.977. The van der Waals surface area contributed by atoms with E-state index < -0.39 is 0 Å². The van der Waals surface area contributed by atoms with Crippen molar-refractivity contribution in [3.63, 3.8) is 0 Å². The van der Waals surface area contributed by atoms with Crippen LogP contribution in [0, 0.1) is 0 Å². The first-order valence-electron chi connectivity index (χ1n) is 5.01. The summed E-state index contributed by atoms with van der Waals surface area (Å²) in [5, 5.41) is 8.36. The van der Waals surface area contributed by atoms with Crippen LogP contribution in [0.4, 0.5) is 0 Å². The number of rotatable bonds is 3. The summed E-state index contributed by atoms with van der Waals surface area (Å²) in [6.45, 7) is 11.7. The van der Waals surface area contributed by atoms with Gasteiger partial charge in [-0.1, -0.05) is 32.9 Å². The Morgan fingerprint density at radius 1 is 1.15 bits per heavy atom. The Morgan fingerprint density at radius 3 is 2.15 bits per heavy atom. The molecular formula is C10H19N3. The van der Waals surface area contributed by atoms with E-state index in [0.29, 0.717) is 11.8 Å². The zero-order valence-electron chi connectivity index (χ0n) is 9.20. The van der Waals surface area contributed by atoms with Gasteiger partial charge < -0.3 is 0 Å². The van der Waals surface area contributed by atoms with Crippen molar-refractivity contribution in [2.75, 3.05) is 0 Å². The number of aryl methyl sites for hydroxylation is 1. The van der Waals surface area contributed by atoms with Crippen LogP contribution in [-0.4, -0.2) is 15.0 Å². The molecule has 0 fully saturated rings. The van der Waals surface area contributed by atoms with Gasteiger partial charge in [-0.15, -0.1) is 5.10 Å². The second-order valence-electron chi connectivity index (χ2n) is 3.99. The second kappa shape index (κ2) is 3.90. The fourth-order valence-electron chi connectivity index (χ4n) is 1.57. The van der Waals surface area contributed by atoms with Crippen molar-refractivity contribution in [2.24, 2.45) is 0 Å². The van der Waals surface area contributed by atoms with Crippen molar-refractivity contribution in [3.05, 3.63) is 11.4 Å². The molecule has 0 saturated carbocycles. The van der Waals surface area contributed by atoms with E-state index in [4.69, 9.17) is 0 Å². The molecule has 0 bridgehead atoms. The van der Waals surface area contributed by atoms with Gasteiger partial charge in [0.2, 0.25) is 0 Å². The van der Waals surface area contributed by atoms with E-state index in [9.17, 15) is 0 Å². The summed E-state index contributed by atoms with van der Waals surface area (Å²) < 4.78 is 2.00. The molecule has 0 aliphatic carbocycles. The Bertz CT molecular complexity index is 274. The van der Waals surface area contributed by atoms with Crippen LogP contribution in [0.2, 0.25) is 0 Å². The predicted molar refractivity (Wildman–Crippen MR) is 53.9 cm³/mol. The second-order valence-corrected chi connectivity index (χ2v) is 3.99. The minimum absolute atomic E-state index is 0.470. The predicted octanol–water partition coefficient (Wildman–Crippen LogP) is 2.54. The maximum atomic E-state index is 4.22. The maximum Gasteiger partial charge on any atom is 0.0887 e. The van der Waals surface area contributed by atoms with Crippen LogP contribution >= 0.6 is 0 Å². The fraction of sp³-hybridized carbons (Fsp3) is 0.800. The van der Waals surface area contributed by atoms with E-state index in [1.807, 2.05) is 4.68 Å². The lowest BCUT2D eigenvalue weighted by molar-refractivity contribution is 0.578. The van der Waals surface area contributed by atoms with Crippen molar-refractivity contribution in [2.45, 2.75) is 53.0 Å². The molecule has 74 valence electrons. The first kappa shape index (κ1) is 10.2. The third kappa shape index (κ3) is 1.90. The first-order valence-corrected chi connectivity index (χ1v) is 5.01. The van der Waals surface area contributed by atoms with Gasteiger partial charge in [-0.25, -0.2) is 4.68 Å². The quantitative estimate of drug-likeness (QED) is 0.717. The molecule has 1 rings (SSSR count). The molecular weight excluding hydrogens is 162 g/mol. The first-order chi connectivity index (χ1) is 6.07. The summed E-state index contributed by atoms with van der Waals surface area (Å²) in [6.07, 6.45) is 0. The molecule has 1 aromatic rings. The lowest BCUT2D eigenvalue weighted by Crippen LogP contribution is -2.06. The highest BCUT2D eigenvalue weighted by molar-refractivity contribution is 5.17. The van der Waals surface area contributed by atoms with Crippen LogP contribution in [0.5, 0.6) is 0 Å². The largest absolute Gasteiger partial charge is 0.249 e. The van der Waals surface area contributed by atoms with Gasteiger partial charge in [-0.2, -0.15) is 0 Å². The van der Waals surface area contributed by atoms with Gasteiger partial charge in [0.25, 0.3) is 0 Å². The molecule has 0 radical (unpaired) electrons. The number of nitrogens with zero attached hydrogens (tertiary/aromatic N) is 3. The van der Waals surface area contributed by atoms with Crippen LogP contribution in [-0.2, 0) is 6.54 Å². The highest BCUT2D eigenvalue weighted by atomic mass is 15.4. The van der Waals surface area contributed by atoms with Gasteiger partial charge in [0.1, 0.15) is 0 Å². The minimum atomic E-state index is 0.470. The zero-order chi connectivity index (χ0) is 10.0. The molecule has 0 saturated heterocycles. The molecule has 13 heavy (non-hydrogen) atoms. The Balaban J connectivity index is 3.14. The Labute approximate surface area is 80.1 Å². The zero-order valence-corrected chi connectivity index (χ0v) is 9.20. The van der Waals surface area contributed by atoms with E-state index in [1.165, 1.54) is 5.69 Å². The number of hydrogen-bond donors (Lipinski definition) is 0. The van der Waals surface area contributed by atoms with Crippen LogP contribution in [0.25, 0.3) is 0 Å². The third-order valence-electron chi connectivity index (χ3n) is 2.19. The van der Waals surface area contributed by atoms with Gasteiger partial charge >= 0.3 is 0 Å². The molecule has 0 unspecified atom stereocenters. The van der Waals surface area contributed by atoms with E-state index in [2.05, 4.69) is 44.9 Å². The lowest BCUT2D eigenvalue weighted by Gasteiger charge is -2.10. The van der Waals surface area contributed by atoms with Gasteiger partial charge in [0, 0.05) is 6.54 Å². The average molecular weight is 181 g/mol. The monoisotopic (exact) mass is 181 g/mol. The van der Waals surface area contributed by atoms with E-state index >= 15 is 0 Å². The summed E-state index contributed by atoms with van der Waals surface area (Å²) in [7, 11) is 0. The summed E-state index contributed by atoms with van der Waals surface area (Å²) in [6, 6.07) is 0. The summed E-state index contributed by atoms with van der Waals surface area (Å²) >= 11 is 0. The molecule has 0 aromatic carbocycles. The van der Waals surface area contributed by atoms with Crippen molar-refractivity contribution < 1.29 is 0 Å². The molecule has 0 amide bonds. The van der Waals surface area contributed by atoms with Gasteiger partial charge in [0.05, 0.1) is 11.4 Å². The normalized spacial score (nSPS) is 11.6. The van der Waals surface area contributed by atoms with Crippen LogP contribution in [0.15, 0.2) is 0 Å². The van der Waals surface area contributed by atoms with Crippen molar-refractivity contribution >= 4 is 0 Å². The highest BCUT2D eigenvalue weighted by Crippen LogP contribution is 2.23. The van der Waals surface area contributed by atoms with Crippen molar-refractivity contribution in [1.29, 1.82) is 0 Å². The van der Waals surface area contributed by atoms with E-state index in [1.54, 1.807) is 0 Å². The lowest BCUT2D eigenvalue weighted by atomic mass is 10.0. The Hall–Kier alpha value is -0.860. The van der Waals surface area contributed by atoms with Crippen LogP contribution in [0.3, 0.4) is 0 Å². The molecule has 0 aliphatic heterocycles. The smallest absolute Gasteiger partial charge is 0.0887 e. The van der Waals surface area contributed by atoms with Gasteiger partial charge in [0.15, 0.2) is 0 Å². The van der Waals surface area contributed by atoms with Crippen molar-refractivity contribution in [3.8, 4) is 0 Å². The van der Waals surface area contributed by atoms with E-state index in [-0.39, 0.29) is 0 Å². The molecule has 0 aliphatic rings. The van der Waals surface area contributed by atoms with Gasteiger partial charge in [-0.05, 0) is 18.8 Å². The maximum absolute atomic E-state index is 4.22. The Kier molecular flexibility index (Phi) is 3.07. The fourth-order valence-corrected chi connectivity index (χ4v) is 1.57. The SMILES string of the molecule is CCn1nnc(C(C)C)c1C(C)C. The Morgan fingerprint density at radius 2 is 1.77 bits per heavy atom. The molecule has 3 nitrogen and oxygen atoms in total. The molecule has 1 heterocycles. The van der Waals surface area contributed by atoms with Gasteiger partial charge in [-0.3, -0.25) is 0 Å². The standard InChI is InChI=1S/C10H19N3/c1-6-13-10(8(4)5)9(7(2)3)11-12-13/h7-8H,6H2,1-5H3.